The molecule has 1 N–H and O–H groups in total. The Morgan fingerprint density at radius 3 is 2.80 bits per heavy atom. The van der Waals surface area contributed by atoms with Crippen molar-refractivity contribution in [3.05, 3.63) is 96.0 Å². The highest BCUT2D eigenvalue weighted by Crippen LogP contribution is 2.50. The van der Waals surface area contributed by atoms with Crippen molar-refractivity contribution in [3.63, 3.8) is 0 Å². The van der Waals surface area contributed by atoms with E-state index in [1.54, 1.807) is 0 Å². The molecule has 30 heavy (non-hydrogen) atoms. The van der Waals surface area contributed by atoms with Gasteiger partial charge < -0.3 is 5.32 Å². The highest BCUT2D eigenvalue weighted by atomic mass is 15.1. The first-order valence-electron chi connectivity index (χ1n) is 10.7. The first kappa shape index (κ1) is 18.7. The van der Waals surface area contributed by atoms with E-state index >= 15 is 0 Å². The van der Waals surface area contributed by atoms with Gasteiger partial charge in [-0.3, -0.25) is 4.98 Å². The summed E-state index contributed by atoms with van der Waals surface area (Å²) < 4.78 is 0. The molecule has 0 fully saturated rings. The number of hydrogen-bond donors (Lipinski definition) is 1. The number of nitrogens with zero attached hydrogens (tertiary/aromatic N) is 3. The number of nitrogens with one attached hydrogen (secondary N) is 1. The number of anilines is 1. The van der Waals surface area contributed by atoms with Crippen LogP contribution in [-0.4, -0.2) is 21.5 Å². The minimum atomic E-state index is 0.115. The molecule has 0 radical (unpaired) electrons. The number of allylic oxidation sites excluding steroid dienone is 4. The molecular weight excluding hydrogens is 368 g/mol. The molecule has 2 atom stereocenters. The van der Waals surface area contributed by atoms with E-state index in [4.69, 9.17) is 4.98 Å². The Hall–Kier alpha value is -3.27. The Balaban J connectivity index is 1.41. The minimum Gasteiger partial charge on any atom is -0.354 e. The Morgan fingerprint density at radius 1 is 1.10 bits per heavy atom. The van der Waals surface area contributed by atoms with E-state index in [0.29, 0.717) is 11.9 Å². The molecule has 5 rings (SSSR count). The maximum Gasteiger partial charge on any atom is 0.223 e. The standard InChI is InChI=1S/C26H26N4/c1-26(12-5-2-6-13-26)23-17-20-18-29-25(28-16-11-19-9-14-27-15-10-19)30-24(20)22-8-4-3-7-21(22)23/h2-10,12,14-15,18,23H,11,13,16-17H2,1H3,(H,28,29,30). The molecule has 1 aromatic carbocycles. The number of aromatic nitrogens is 3. The lowest BCUT2D eigenvalue weighted by Crippen LogP contribution is -2.29. The Morgan fingerprint density at radius 2 is 1.97 bits per heavy atom. The summed E-state index contributed by atoms with van der Waals surface area (Å²) in [6.07, 6.45) is 17.6. The molecule has 2 aliphatic rings. The summed E-state index contributed by atoms with van der Waals surface area (Å²) in [5, 5.41) is 3.39. The van der Waals surface area contributed by atoms with E-state index in [2.05, 4.69) is 70.8 Å². The highest BCUT2D eigenvalue weighted by Gasteiger charge is 2.38. The number of pyridine rings is 1. The summed E-state index contributed by atoms with van der Waals surface area (Å²) in [7, 11) is 0. The monoisotopic (exact) mass is 394 g/mol. The van der Waals surface area contributed by atoms with Gasteiger partial charge in [0.05, 0.1) is 5.69 Å². The van der Waals surface area contributed by atoms with Gasteiger partial charge in [0, 0.05) is 30.7 Å². The molecule has 2 aliphatic carbocycles. The van der Waals surface area contributed by atoms with Crippen molar-refractivity contribution < 1.29 is 0 Å². The molecule has 0 amide bonds. The van der Waals surface area contributed by atoms with Gasteiger partial charge in [0.25, 0.3) is 0 Å². The number of fused-ring (bicyclic) bond motifs is 3. The topological polar surface area (TPSA) is 50.7 Å². The molecule has 2 heterocycles. The molecule has 0 bridgehead atoms. The van der Waals surface area contributed by atoms with Gasteiger partial charge in [0.2, 0.25) is 5.95 Å². The van der Waals surface area contributed by atoms with E-state index < -0.39 is 0 Å². The zero-order chi connectivity index (χ0) is 20.4. The maximum atomic E-state index is 4.92. The van der Waals surface area contributed by atoms with Gasteiger partial charge in [-0.25, -0.2) is 9.97 Å². The van der Waals surface area contributed by atoms with Crippen LogP contribution in [0, 0.1) is 5.41 Å². The summed E-state index contributed by atoms with van der Waals surface area (Å²) in [5.74, 6) is 1.12. The number of benzene rings is 1. The van der Waals surface area contributed by atoms with E-state index in [-0.39, 0.29) is 5.41 Å². The second-order valence-electron chi connectivity index (χ2n) is 8.44. The third-order valence-corrected chi connectivity index (χ3v) is 6.40. The van der Waals surface area contributed by atoms with Crippen molar-refractivity contribution in [2.75, 3.05) is 11.9 Å². The molecule has 0 aliphatic heterocycles. The van der Waals surface area contributed by atoms with Crippen LogP contribution in [0.5, 0.6) is 0 Å². The van der Waals surface area contributed by atoms with E-state index in [9.17, 15) is 0 Å². The van der Waals surface area contributed by atoms with Gasteiger partial charge in [-0.05, 0) is 59.4 Å². The smallest absolute Gasteiger partial charge is 0.223 e. The van der Waals surface area contributed by atoms with Crippen molar-refractivity contribution in [3.8, 4) is 11.3 Å². The average molecular weight is 395 g/mol. The summed E-state index contributed by atoms with van der Waals surface area (Å²) in [4.78, 5) is 13.6. The summed E-state index contributed by atoms with van der Waals surface area (Å²) in [6.45, 7) is 3.16. The fraction of sp³-hybridized carbons (Fsp3) is 0.269. The molecule has 4 nitrogen and oxygen atoms in total. The molecule has 150 valence electrons. The first-order valence-corrected chi connectivity index (χ1v) is 10.7. The second kappa shape index (κ2) is 7.86. The van der Waals surface area contributed by atoms with Gasteiger partial charge >= 0.3 is 0 Å². The van der Waals surface area contributed by atoms with Crippen LogP contribution < -0.4 is 5.32 Å². The lowest BCUT2D eigenvalue weighted by Gasteiger charge is -2.40. The van der Waals surface area contributed by atoms with Gasteiger partial charge in [-0.2, -0.15) is 0 Å². The van der Waals surface area contributed by atoms with Gasteiger partial charge in [-0.1, -0.05) is 55.5 Å². The second-order valence-corrected chi connectivity index (χ2v) is 8.44. The van der Waals surface area contributed by atoms with Crippen LogP contribution in [0.2, 0.25) is 0 Å². The first-order chi connectivity index (χ1) is 14.7. The lowest BCUT2D eigenvalue weighted by atomic mass is 9.64. The van der Waals surface area contributed by atoms with Crippen LogP contribution in [0.15, 0.2) is 79.3 Å². The van der Waals surface area contributed by atoms with Crippen LogP contribution in [0.1, 0.15) is 36.0 Å². The third-order valence-electron chi connectivity index (χ3n) is 6.40. The number of rotatable bonds is 5. The normalized spacial score (nSPS) is 21.7. The van der Waals surface area contributed by atoms with Gasteiger partial charge in [0.1, 0.15) is 0 Å². The van der Waals surface area contributed by atoms with Crippen molar-refractivity contribution in [2.24, 2.45) is 5.41 Å². The zero-order valence-corrected chi connectivity index (χ0v) is 17.3. The van der Waals surface area contributed by atoms with E-state index in [1.165, 1.54) is 22.3 Å². The summed E-state index contributed by atoms with van der Waals surface area (Å²) >= 11 is 0. The van der Waals surface area contributed by atoms with Gasteiger partial charge in [0.15, 0.2) is 0 Å². The molecule has 0 spiro atoms. The molecule has 4 heteroatoms. The van der Waals surface area contributed by atoms with Crippen LogP contribution in [-0.2, 0) is 12.8 Å². The predicted octanol–water partition coefficient (Wildman–Crippen LogP) is 5.36. The third kappa shape index (κ3) is 3.54. The van der Waals surface area contributed by atoms with Crippen LogP contribution in [0.3, 0.4) is 0 Å². The van der Waals surface area contributed by atoms with E-state index in [1.807, 2.05) is 30.7 Å². The molecule has 2 unspecified atom stereocenters. The summed E-state index contributed by atoms with van der Waals surface area (Å²) in [5.41, 5.74) is 6.32. The molecule has 3 aromatic rings. The van der Waals surface area contributed by atoms with Crippen molar-refractivity contribution in [1.82, 2.24) is 15.0 Å². The lowest BCUT2D eigenvalue weighted by molar-refractivity contribution is 0.331. The Bertz CT molecular complexity index is 1100. The van der Waals surface area contributed by atoms with Gasteiger partial charge in [-0.15, -0.1) is 0 Å². The van der Waals surface area contributed by atoms with Crippen molar-refractivity contribution in [2.45, 2.75) is 32.1 Å². The van der Waals surface area contributed by atoms with Crippen LogP contribution >= 0.6 is 0 Å². The number of hydrogen-bond acceptors (Lipinski definition) is 4. The summed E-state index contributed by atoms with van der Waals surface area (Å²) in [6, 6.07) is 12.8. The SMILES string of the molecule is CC1(C2Cc3cnc(NCCc4ccncc4)nc3-c3ccccc32)C=CC=CC1. The molecule has 2 aromatic heterocycles. The fourth-order valence-corrected chi connectivity index (χ4v) is 4.68. The van der Waals surface area contributed by atoms with Crippen molar-refractivity contribution in [1.29, 1.82) is 0 Å². The van der Waals surface area contributed by atoms with E-state index in [0.717, 1.165) is 31.5 Å². The molecule has 0 saturated carbocycles. The predicted molar refractivity (Wildman–Crippen MR) is 121 cm³/mol. The minimum absolute atomic E-state index is 0.115. The Labute approximate surface area is 177 Å². The molecule has 0 saturated heterocycles. The quantitative estimate of drug-likeness (QED) is 0.633. The average Bonchev–Trinajstić information content (AvgIpc) is 2.80. The van der Waals surface area contributed by atoms with Crippen LogP contribution in [0.25, 0.3) is 11.3 Å². The fourth-order valence-electron chi connectivity index (χ4n) is 4.68. The Kier molecular flexibility index (Phi) is 4.91. The maximum absolute atomic E-state index is 4.92. The highest BCUT2D eigenvalue weighted by molar-refractivity contribution is 5.71. The van der Waals surface area contributed by atoms with Crippen LogP contribution in [0.4, 0.5) is 5.95 Å². The molecular formula is C26H26N4. The largest absolute Gasteiger partial charge is 0.354 e. The van der Waals surface area contributed by atoms with Crippen molar-refractivity contribution >= 4 is 5.95 Å². The zero-order valence-electron chi connectivity index (χ0n) is 17.3.